The summed E-state index contributed by atoms with van der Waals surface area (Å²) in [7, 11) is 0. The first-order valence-electron chi connectivity index (χ1n) is 6.83. The minimum atomic E-state index is -0.236. The van der Waals surface area contributed by atoms with E-state index in [9.17, 15) is 9.59 Å². The molecule has 0 saturated heterocycles. The third kappa shape index (κ3) is 1.76. The van der Waals surface area contributed by atoms with Gasteiger partial charge in [-0.3, -0.25) is 9.59 Å². The van der Waals surface area contributed by atoms with Crippen LogP contribution in [0.2, 0.25) is 0 Å². The predicted octanol–water partition coefficient (Wildman–Crippen LogP) is 2.75. The summed E-state index contributed by atoms with van der Waals surface area (Å²) >= 11 is 0. The van der Waals surface area contributed by atoms with Crippen LogP contribution < -0.4 is 11.5 Å². The molecule has 0 atom stereocenters. The van der Waals surface area contributed by atoms with Crippen molar-refractivity contribution in [2.24, 2.45) is 0 Å². The van der Waals surface area contributed by atoms with E-state index in [4.69, 9.17) is 11.5 Å². The molecule has 0 heterocycles. The summed E-state index contributed by atoms with van der Waals surface area (Å²) in [6.45, 7) is 3.95. The fourth-order valence-electron chi connectivity index (χ4n) is 2.85. The van der Waals surface area contributed by atoms with Gasteiger partial charge in [-0.25, -0.2) is 0 Å². The lowest BCUT2D eigenvalue weighted by molar-refractivity contribution is 0.0980. The van der Waals surface area contributed by atoms with Gasteiger partial charge in [-0.05, 0) is 17.5 Å². The Bertz CT molecular complexity index is 792. The van der Waals surface area contributed by atoms with Crippen molar-refractivity contribution in [3.05, 3.63) is 58.1 Å². The van der Waals surface area contributed by atoms with E-state index in [1.165, 1.54) is 0 Å². The molecule has 106 valence electrons. The van der Waals surface area contributed by atoms with E-state index in [1.54, 1.807) is 30.3 Å². The van der Waals surface area contributed by atoms with Crippen LogP contribution >= 0.6 is 0 Å². The molecule has 4 N–H and O–H groups in total. The summed E-state index contributed by atoms with van der Waals surface area (Å²) in [5.74, 6) is -0.343. The average molecular weight is 280 g/mol. The van der Waals surface area contributed by atoms with Crippen molar-refractivity contribution in [3.63, 3.8) is 0 Å². The number of fused-ring (bicyclic) bond motifs is 2. The number of carbonyl (C=O) groups excluding carboxylic acids is 2. The molecular weight excluding hydrogens is 264 g/mol. The van der Waals surface area contributed by atoms with E-state index in [2.05, 4.69) is 0 Å². The maximum atomic E-state index is 12.7. The molecular formula is C17H16N2O2. The Labute approximate surface area is 122 Å². The fraction of sp³-hybridized carbons (Fsp3) is 0.176. The first kappa shape index (κ1) is 13.4. The second-order valence-electron chi connectivity index (χ2n) is 5.58. The Balaban J connectivity index is 2.38. The Morgan fingerprint density at radius 1 is 0.905 bits per heavy atom. The van der Waals surface area contributed by atoms with Crippen LogP contribution in [-0.4, -0.2) is 11.6 Å². The molecule has 2 aromatic rings. The number of ketones is 2. The number of hydrogen-bond donors (Lipinski definition) is 2. The van der Waals surface area contributed by atoms with Crippen molar-refractivity contribution in [2.75, 3.05) is 11.5 Å². The van der Waals surface area contributed by atoms with E-state index in [0.717, 1.165) is 5.56 Å². The molecule has 1 aliphatic rings. The molecule has 0 aromatic heterocycles. The van der Waals surface area contributed by atoms with Gasteiger partial charge in [0.25, 0.3) is 0 Å². The SMILES string of the molecule is CC(C)c1cc(N)c2c(c1N)C(=O)c1ccccc1C2=O. The molecule has 0 aliphatic heterocycles. The van der Waals surface area contributed by atoms with Gasteiger partial charge in [-0.2, -0.15) is 0 Å². The molecule has 21 heavy (non-hydrogen) atoms. The lowest BCUT2D eigenvalue weighted by Crippen LogP contribution is -2.24. The molecule has 3 rings (SSSR count). The normalized spacial score (nSPS) is 13.3. The van der Waals surface area contributed by atoms with Crippen LogP contribution in [-0.2, 0) is 0 Å². The van der Waals surface area contributed by atoms with E-state index in [-0.39, 0.29) is 28.6 Å². The Hall–Kier alpha value is -2.62. The molecule has 4 nitrogen and oxygen atoms in total. The number of hydrogen-bond acceptors (Lipinski definition) is 4. The lowest BCUT2D eigenvalue weighted by Gasteiger charge is -2.23. The number of benzene rings is 2. The lowest BCUT2D eigenvalue weighted by atomic mass is 9.80. The third-order valence-electron chi connectivity index (χ3n) is 3.92. The van der Waals surface area contributed by atoms with Gasteiger partial charge in [-0.1, -0.05) is 38.1 Å². The van der Waals surface area contributed by atoms with Crippen LogP contribution in [0.1, 0.15) is 57.2 Å². The Morgan fingerprint density at radius 2 is 1.43 bits per heavy atom. The maximum absolute atomic E-state index is 12.7. The summed E-state index contributed by atoms with van der Waals surface area (Å²) < 4.78 is 0. The number of nitrogens with two attached hydrogens (primary N) is 2. The summed E-state index contributed by atoms with van der Waals surface area (Å²) in [6.07, 6.45) is 0. The van der Waals surface area contributed by atoms with Gasteiger partial charge in [0.2, 0.25) is 0 Å². The highest BCUT2D eigenvalue weighted by Crippen LogP contribution is 2.38. The highest BCUT2D eigenvalue weighted by molar-refractivity contribution is 6.31. The quantitative estimate of drug-likeness (QED) is 0.671. The van der Waals surface area contributed by atoms with Crippen molar-refractivity contribution in [2.45, 2.75) is 19.8 Å². The van der Waals surface area contributed by atoms with Gasteiger partial charge in [0.05, 0.1) is 11.1 Å². The number of carbonyl (C=O) groups is 2. The molecule has 0 saturated carbocycles. The van der Waals surface area contributed by atoms with Crippen LogP contribution in [0.4, 0.5) is 11.4 Å². The van der Waals surface area contributed by atoms with Gasteiger partial charge in [0.15, 0.2) is 11.6 Å². The number of nitrogen functional groups attached to an aromatic ring is 2. The monoisotopic (exact) mass is 280 g/mol. The molecule has 0 radical (unpaired) electrons. The van der Waals surface area contributed by atoms with Gasteiger partial charge < -0.3 is 11.5 Å². The zero-order valence-electron chi connectivity index (χ0n) is 11.9. The first-order chi connectivity index (χ1) is 9.93. The molecule has 2 aromatic carbocycles. The second kappa shape index (κ2) is 4.45. The fourth-order valence-corrected chi connectivity index (χ4v) is 2.85. The van der Waals surface area contributed by atoms with Crippen molar-refractivity contribution >= 4 is 22.9 Å². The molecule has 4 heteroatoms. The van der Waals surface area contributed by atoms with Crippen LogP contribution in [0, 0.1) is 0 Å². The van der Waals surface area contributed by atoms with Crippen LogP contribution in [0.15, 0.2) is 30.3 Å². The van der Waals surface area contributed by atoms with E-state index >= 15 is 0 Å². The predicted molar refractivity (Wildman–Crippen MR) is 82.7 cm³/mol. The number of anilines is 2. The highest BCUT2D eigenvalue weighted by Gasteiger charge is 2.34. The number of rotatable bonds is 1. The first-order valence-corrected chi connectivity index (χ1v) is 6.83. The van der Waals surface area contributed by atoms with Crippen molar-refractivity contribution in [1.29, 1.82) is 0 Å². The smallest absolute Gasteiger partial charge is 0.196 e. The second-order valence-corrected chi connectivity index (χ2v) is 5.58. The van der Waals surface area contributed by atoms with Crippen LogP contribution in [0.3, 0.4) is 0 Å². The van der Waals surface area contributed by atoms with Crippen molar-refractivity contribution in [1.82, 2.24) is 0 Å². The molecule has 0 amide bonds. The van der Waals surface area contributed by atoms with Crippen LogP contribution in [0.25, 0.3) is 0 Å². The summed E-state index contributed by atoms with van der Waals surface area (Å²) in [4.78, 5) is 25.3. The van der Waals surface area contributed by atoms with Gasteiger partial charge in [0, 0.05) is 22.5 Å². The molecule has 0 bridgehead atoms. The van der Waals surface area contributed by atoms with E-state index in [1.807, 2.05) is 13.8 Å². The zero-order chi connectivity index (χ0) is 15.3. The average Bonchev–Trinajstić information content (AvgIpc) is 2.46. The highest BCUT2D eigenvalue weighted by atomic mass is 16.1. The third-order valence-corrected chi connectivity index (χ3v) is 3.92. The van der Waals surface area contributed by atoms with Crippen LogP contribution in [0.5, 0.6) is 0 Å². The van der Waals surface area contributed by atoms with Gasteiger partial charge in [0.1, 0.15) is 0 Å². The Kier molecular flexibility index (Phi) is 2.83. The maximum Gasteiger partial charge on any atom is 0.196 e. The molecule has 0 fully saturated rings. The molecule has 0 unspecified atom stereocenters. The van der Waals surface area contributed by atoms with E-state index < -0.39 is 0 Å². The molecule has 1 aliphatic carbocycles. The van der Waals surface area contributed by atoms with Crippen molar-refractivity contribution in [3.8, 4) is 0 Å². The van der Waals surface area contributed by atoms with E-state index in [0.29, 0.717) is 22.5 Å². The van der Waals surface area contributed by atoms with Gasteiger partial charge in [-0.15, -0.1) is 0 Å². The molecule has 0 spiro atoms. The minimum Gasteiger partial charge on any atom is -0.398 e. The largest absolute Gasteiger partial charge is 0.398 e. The Morgan fingerprint density at radius 3 is 1.95 bits per heavy atom. The van der Waals surface area contributed by atoms with Gasteiger partial charge >= 0.3 is 0 Å². The standard InChI is InChI=1S/C17H16N2O2/c1-8(2)11-7-12(18)13-14(15(11)19)17(21)10-6-4-3-5-9(10)16(13)20/h3-8H,18-19H2,1-2H3. The van der Waals surface area contributed by atoms with Crippen molar-refractivity contribution < 1.29 is 9.59 Å². The summed E-state index contributed by atoms with van der Waals surface area (Å²) in [6, 6.07) is 8.47. The zero-order valence-corrected chi connectivity index (χ0v) is 11.9. The summed E-state index contributed by atoms with van der Waals surface area (Å²) in [5.41, 5.74) is 14.9. The summed E-state index contributed by atoms with van der Waals surface area (Å²) in [5, 5.41) is 0. The minimum absolute atomic E-state index is 0.123. The topological polar surface area (TPSA) is 86.2 Å².